The highest BCUT2D eigenvalue weighted by atomic mass is 16.5. The van der Waals surface area contributed by atoms with Crippen molar-refractivity contribution in [3.63, 3.8) is 0 Å². The summed E-state index contributed by atoms with van der Waals surface area (Å²) in [7, 11) is -0.492. The molecule has 18 heavy (non-hydrogen) atoms. The van der Waals surface area contributed by atoms with Crippen molar-refractivity contribution in [3.05, 3.63) is 0 Å². The largest absolute Gasteiger partial charge is 0.504 e. The molecule has 0 heterocycles. The van der Waals surface area contributed by atoms with E-state index in [1.807, 2.05) is 6.92 Å². The van der Waals surface area contributed by atoms with Gasteiger partial charge in [0.25, 0.3) is 0 Å². The molecule has 0 spiro atoms. The fourth-order valence-corrected chi connectivity index (χ4v) is 1.99. The van der Waals surface area contributed by atoms with Gasteiger partial charge in [0, 0.05) is 6.42 Å². The van der Waals surface area contributed by atoms with Crippen molar-refractivity contribution < 1.29 is 4.65 Å². The van der Waals surface area contributed by atoms with Crippen LogP contribution < -0.4 is 0 Å². The normalized spacial score (nSPS) is 12.2. The molecule has 0 amide bonds. The second kappa shape index (κ2) is 9.03. The lowest BCUT2D eigenvalue weighted by Gasteiger charge is -2.33. The topological polar surface area (TPSA) is 36.3 Å². The Morgan fingerprint density at radius 1 is 1.22 bits per heavy atom. The molecule has 0 bridgehead atoms. The molecular formula is C14H25BN2O. The summed E-state index contributed by atoms with van der Waals surface area (Å²) in [6, 6.07) is 0.564. The Labute approximate surface area is 113 Å². The van der Waals surface area contributed by atoms with Crippen LogP contribution in [0.15, 0.2) is 0 Å². The minimum absolute atomic E-state index is 0.0297. The molecule has 1 unspecified atom stereocenters. The van der Waals surface area contributed by atoms with Crippen LogP contribution in [0.3, 0.4) is 0 Å². The highest BCUT2D eigenvalue weighted by molar-refractivity contribution is 6.57. The number of nitriles is 1. The third-order valence-corrected chi connectivity index (χ3v) is 2.86. The van der Waals surface area contributed by atoms with Crippen LogP contribution in [0.2, 0.25) is 0 Å². The van der Waals surface area contributed by atoms with E-state index in [4.69, 9.17) is 4.65 Å². The molecule has 0 radical (unpaired) electrons. The van der Waals surface area contributed by atoms with Crippen molar-refractivity contribution >= 4 is 7.05 Å². The van der Waals surface area contributed by atoms with Gasteiger partial charge >= 0.3 is 7.05 Å². The Morgan fingerprint density at radius 2 is 1.78 bits per heavy atom. The second-order valence-corrected chi connectivity index (χ2v) is 4.91. The van der Waals surface area contributed by atoms with Crippen LogP contribution in [0, 0.1) is 23.1 Å². The lowest BCUT2D eigenvalue weighted by molar-refractivity contribution is 0.157. The zero-order valence-corrected chi connectivity index (χ0v) is 12.5. The van der Waals surface area contributed by atoms with Gasteiger partial charge in [-0.15, -0.1) is 11.8 Å². The predicted molar refractivity (Wildman–Crippen MR) is 76.7 cm³/mol. The average Bonchev–Trinajstić information content (AvgIpc) is 2.31. The molecule has 0 aromatic heterocycles. The van der Waals surface area contributed by atoms with Crippen LogP contribution in [0.25, 0.3) is 0 Å². The predicted octanol–water partition coefficient (Wildman–Crippen LogP) is 2.86. The van der Waals surface area contributed by atoms with E-state index in [1.54, 1.807) is 0 Å². The Kier molecular flexibility index (Phi) is 8.55. The lowest BCUT2D eigenvalue weighted by atomic mass is 9.79. The van der Waals surface area contributed by atoms with Crippen molar-refractivity contribution in [1.29, 1.82) is 5.26 Å². The molecule has 0 aliphatic carbocycles. The summed E-state index contributed by atoms with van der Waals surface area (Å²) in [4.78, 5) is 2.09. The molecule has 4 heteroatoms. The number of rotatable bonds is 7. The monoisotopic (exact) mass is 248 g/mol. The van der Waals surface area contributed by atoms with Gasteiger partial charge in [-0.1, -0.05) is 34.6 Å². The number of hydrogen-bond acceptors (Lipinski definition) is 3. The standard InChI is InChI=1S/C14H25BN2O/c1-7-9-10-14(8-2)18-15(11-16)17(12(3)4)13(5)6/h12-14H,8,10H2,1-6H3. The first-order chi connectivity index (χ1) is 8.47. The van der Waals surface area contributed by atoms with E-state index < -0.39 is 7.05 Å². The molecule has 1 atom stereocenters. The Bertz CT molecular complexity index is 317. The van der Waals surface area contributed by atoms with Gasteiger partial charge in [-0.25, -0.2) is 5.26 Å². The zero-order valence-electron chi connectivity index (χ0n) is 12.5. The van der Waals surface area contributed by atoms with Crippen LogP contribution in [-0.4, -0.2) is 30.0 Å². The van der Waals surface area contributed by atoms with Crippen LogP contribution in [0.5, 0.6) is 0 Å². The van der Waals surface area contributed by atoms with E-state index >= 15 is 0 Å². The van der Waals surface area contributed by atoms with Crippen LogP contribution in [0.1, 0.15) is 54.4 Å². The minimum Gasteiger partial charge on any atom is -0.406 e. The molecule has 0 rings (SSSR count). The quantitative estimate of drug-likeness (QED) is 0.513. The Hall–Kier alpha value is -0.965. The molecular weight excluding hydrogens is 223 g/mol. The smallest absolute Gasteiger partial charge is 0.406 e. The van der Waals surface area contributed by atoms with Gasteiger partial charge in [-0.2, -0.15) is 0 Å². The summed E-state index contributed by atoms with van der Waals surface area (Å²) in [5, 5.41) is 9.31. The van der Waals surface area contributed by atoms with Crippen molar-refractivity contribution in [1.82, 2.24) is 4.81 Å². The maximum absolute atomic E-state index is 9.31. The van der Waals surface area contributed by atoms with Crippen molar-refractivity contribution in [2.75, 3.05) is 0 Å². The molecule has 0 aromatic rings. The maximum atomic E-state index is 9.31. The van der Waals surface area contributed by atoms with Crippen molar-refractivity contribution in [3.8, 4) is 17.8 Å². The summed E-state index contributed by atoms with van der Waals surface area (Å²) in [6.07, 6.45) is 1.59. The van der Waals surface area contributed by atoms with Gasteiger partial charge in [0.15, 0.2) is 0 Å². The zero-order chi connectivity index (χ0) is 14.1. The molecule has 0 aliphatic rings. The highest BCUT2D eigenvalue weighted by Crippen LogP contribution is 2.13. The van der Waals surface area contributed by atoms with E-state index in [-0.39, 0.29) is 18.2 Å². The van der Waals surface area contributed by atoms with Gasteiger partial charge in [0.2, 0.25) is 0 Å². The first-order valence-corrected chi connectivity index (χ1v) is 6.69. The van der Waals surface area contributed by atoms with Crippen molar-refractivity contribution in [2.45, 2.75) is 72.6 Å². The minimum atomic E-state index is -0.492. The fourth-order valence-electron chi connectivity index (χ4n) is 1.99. The molecule has 3 nitrogen and oxygen atoms in total. The van der Waals surface area contributed by atoms with E-state index in [0.29, 0.717) is 6.42 Å². The summed E-state index contributed by atoms with van der Waals surface area (Å²) in [6.45, 7) is 12.2. The summed E-state index contributed by atoms with van der Waals surface area (Å²) in [5.41, 5.74) is 0. The number of hydrogen-bond donors (Lipinski definition) is 0. The van der Waals surface area contributed by atoms with Gasteiger partial charge in [-0.05, 0) is 25.4 Å². The number of nitrogens with zero attached hydrogens (tertiary/aromatic N) is 2. The van der Waals surface area contributed by atoms with E-state index in [2.05, 4.69) is 57.2 Å². The van der Waals surface area contributed by atoms with E-state index in [9.17, 15) is 5.26 Å². The summed E-state index contributed by atoms with van der Waals surface area (Å²) >= 11 is 0. The third-order valence-electron chi connectivity index (χ3n) is 2.86. The van der Waals surface area contributed by atoms with E-state index in [1.165, 1.54) is 0 Å². The SMILES string of the molecule is CC#CCC(CC)OB(C#N)N(C(C)C)C(C)C. The van der Waals surface area contributed by atoms with Gasteiger partial charge in [0.1, 0.15) is 0 Å². The summed E-state index contributed by atoms with van der Waals surface area (Å²) < 4.78 is 5.90. The average molecular weight is 248 g/mol. The Balaban J connectivity index is 4.73. The second-order valence-electron chi connectivity index (χ2n) is 4.91. The van der Waals surface area contributed by atoms with E-state index in [0.717, 1.165) is 6.42 Å². The molecule has 0 aliphatic heterocycles. The highest BCUT2D eigenvalue weighted by Gasteiger charge is 2.32. The van der Waals surface area contributed by atoms with Crippen molar-refractivity contribution in [2.24, 2.45) is 0 Å². The molecule has 0 aromatic carbocycles. The fraction of sp³-hybridized carbons (Fsp3) is 0.786. The summed E-state index contributed by atoms with van der Waals surface area (Å²) in [5.74, 6) is 8.16. The van der Waals surface area contributed by atoms with Gasteiger partial charge < -0.3 is 4.65 Å². The third kappa shape index (κ3) is 5.58. The van der Waals surface area contributed by atoms with Gasteiger partial charge in [0.05, 0.1) is 12.1 Å². The molecule has 0 fully saturated rings. The molecule has 0 saturated heterocycles. The molecule has 0 saturated carbocycles. The van der Waals surface area contributed by atoms with Crippen LogP contribution in [0.4, 0.5) is 0 Å². The lowest BCUT2D eigenvalue weighted by Crippen LogP contribution is -2.50. The molecule has 0 N–H and O–H groups in total. The Morgan fingerprint density at radius 3 is 2.11 bits per heavy atom. The van der Waals surface area contributed by atoms with Crippen LogP contribution in [-0.2, 0) is 4.65 Å². The van der Waals surface area contributed by atoms with Crippen LogP contribution >= 0.6 is 0 Å². The first-order valence-electron chi connectivity index (χ1n) is 6.69. The van der Waals surface area contributed by atoms with Gasteiger partial charge in [-0.3, -0.25) is 4.81 Å². The first kappa shape index (κ1) is 17.0. The maximum Gasteiger partial charge on any atom is 0.504 e. The molecule has 100 valence electrons.